The third kappa shape index (κ3) is 5.39. The standard InChI is InChI=1S/C13H24N4O3S/c1-3-12-9-15-13(20-12)10-16-21(18,19)17(2)8-4-7-14-11-5-6-11/h9,11,14,16H,3-8,10H2,1-2H3. The van der Waals surface area contributed by atoms with Gasteiger partial charge in [-0.25, -0.2) is 4.98 Å². The summed E-state index contributed by atoms with van der Waals surface area (Å²) in [6.45, 7) is 3.37. The van der Waals surface area contributed by atoms with Gasteiger partial charge in [0, 0.05) is 26.1 Å². The molecule has 120 valence electrons. The molecule has 2 rings (SSSR count). The highest BCUT2D eigenvalue weighted by Crippen LogP contribution is 2.18. The van der Waals surface area contributed by atoms with E-state index in [9.17, 15) is 8.42 Å². The largest absolute Gasteiger partial charge is 0.444 e. The summed E-state index contributed by atoms with van der Waals surface area (Å²) in [5.74, 6) is 1.14. The molecule has 1 aromatic rings. The van der Waals surface area contributed by atoms with Gasteiger partial charge in [0.15, 0.2) is 0 Å². The Morgan fingerprint density at radius 1 is 1.48 bits per heavy atom. The van der Waals surface area contributed by atoms with Gasteiger partial charge in [-0.3, -0.25) is 0 Å². The Bertz CT molecular complexity index is 539. The summed E-state index contributed by atoms with van der Waals surface area (Å²) in [4.78, 5) is 4.03. The van der Waals surface area contributed by atoms with Crippen molar-refractivity contribution in [1.29, 1.82) is 0 Å². The van der Waals surface area contributed by atoms with E-state index in [0.29, 0.717) is 18.5 Å². The van der Waals surface area contributed by atoms with Gasteiger partial charge in [0.05, 0.1) is 12.7 Å². The monoisotopic (exact) mass is 316 g/mol. The Morgan fingerprint density at radius 2 is 2.24 bits per heavy atom. The molecule has 0 aromatic carbocycles. The Hall–Kier alpha value is -0.960. The molecule has 0 bridgehead atoms. The quantitative estimate of drug-likeness (QED) is 0.619. The Kier molecular flexibility index (Phi) is 5.74. The second-order valence-electron chi connectivity index (χ2n) is 5.30. The normalized spacial score (nSPS) is 15.8. The number of aryl methyl sites for hydroxylation is 1. The molecule has 0 amide bonds. The number of hydrogen-bond donors (Lipinski definition) is 2. The predicted octanol–water partition coefficient (Wildman–Crippen LogP) is 0.645. The van der Waals surface area contributed by atoms with Crippen LogP contribution in [-0.2, 0) is 23.2 Å². The van der Waals surface area contributed by atoms with Crippen LogP contribution >= 0.6 is 0 Å². The lowest BCUT2D eigenvalue weighted by Crippen LogP contribution is -2.39. The van der Waals surface area contributed by atoms with E-state index in [0.717, 1.165) is 25.1 Å². The first-order valence-electron chi connectivity index (χ1n) is 7.39. The fraction of sp³-hybridized carbons (Fsp3) is 0.769. The zero-order valence-electron chi connectivity index (χ0n) is 12.6. The summed E-state index contributed by atoms with van der Waals surface area (Å²) in [7, 11) is -1.91. The van der Waals surface area contributed by atoms with Crippen molar-refractivity contribution >= 4 is 10.2 Å². The molecule has 1 aliphatic rings. The Morgan fingerprint density at radius 3 is 2.86 bits per heavy atom. The van der Waals surface area contributed by atoms with Crippen LogP contribution in [0, 0.1) is 0 Å². The molecule has 1 saturated carbocycles. The minimum atomic E-state index is -3.49. The van der Waals surface area contributed by atoms with E-state index >= 15 is 0 Å². The fourth-order valence-corrected chi connectivity index (χ4v) is 2.77. The summed E-state index contributed by atoms with van der Waals surface area (Å²) in [6, 6.07) is 0.655. The molecule has 1 aliphatic carbocycles. The van der Waals surface area contributed by atoms with Gasteiger partial charge in [-0.1, -0.05) is 6.92 Å². The average molecular weight is 316 g/mol. The molecule has 8 heteroatoms. The fourth-order valence-electron chi connectivity index (χ4n) is 1.87. The van der Waals surface area contributed by atoms with E-state index in [1.807, 2.05) is 6.92 Å². The van der Waals surface area contributed by atoms with Gasteiger partial charge in [-0.05, 0) is 25.8 Å². The van der Waals surface area contributed by atoms with Crippen LogP contribution in [0.15, 0.2) is 10.6 Å². The molecule has 0 saturated heterocycles. The highest BCUT2D eigenvalue weighted by Gasteiger charge is 2.21. The number of oxazole rings is 1. The lowest BCUT2D eigenvalue weighted by atomic mass is 10.4. The van der Waals surface area contributed by atoms with E-state index < -0.39 is 10.2 Å². The first-order valence-corrected chi connectivity index (χ1v) is 8.83. The van der Waals surface area contributed by atoms with Crippen molar-refractivity contribution in [3.05, 3.63) is 17.8 Å². The molecular weight excluding hydrogens is 292 g/mol. The lowest BCUT2D eigenvalue weighted by molar-refractivity contribution is 0.426. The molecular formula is C13H24N4O3S. The van der Waals surface area contributed by atoms with Crippen LogP contribution < -0.4 is 10.0 Å². The number of nitrogens with zero attached hydrogens (tertiary/aromatic N) is 2. The van der Waals surface area contributed by atoms with Crippen molar-refractivity contribution in [2.45, 2.75) is 45.2 Å². The smallest absolute Gasteiger partial charge is 0.279 e. The highest BCUT2D eigenvalue weighted by molar-refractivity contribution is 7.87. The molecule has 0 radical (unpaired) electrons. The van der Waals surface area contributed by atoms with Crippen molar-refractivity contribution in [1.82, 2.24) is 19.3 Å². The van der Waals surface area contributed by atoms with E-state index in [1.165, 1.54) is 17.1 Å². The van der Waals surface area contributed by atoms with Crippen LogP contribution in [0.4, 0.5) is 0 Å². The Balaban J connectivity index is 1.71. The Labute approximate surface area is 126 Å². The van der Waals surface area contributed by atoms with Gasteiger partial charge in [-0.15, -0.1) is 0 Å². The van der Waals surface area contributed by atoms with Crippen LogP contribution in [0.5, 0.6) is 0 Å². The molecule has 0 atom stereocenters. The summed E-state index contributed by atoms with van der Waals surface area (Å²) in [5.41, 5.74) is 0. The van der Waals surface area contributed by atoms with Crippen LogP contribution in [0.1, 0.15) is 37.8 Å². The zero-order chi connectivity index (χ0) is 15.3. The molecule has 7 nitrogen and oxygen atoms in total. The van der Waals surface area contributed by atoms with E-state index in [4.69, 9.17) is 4.42 Å². The molecule has 1 fully saturated rings. The number of nitrogens with one attached hydrogen (secondary N) is 2. The highest BCUT2D eigenvalue weighted by atomic mass is 32.2. The van der Waals surface area contributed by atoms with Gasteiger partial charge in [-0.2, -0.15) is 17.4 Å². The van der Waals surface area contributed by atoms with Gasteiger partial charge in [0.1, 0.15) is 5.76 Å². The van der Waals surface area contributed by atoms with Crippen LogP contribution in [0.25, 0.3) is 0 Å². The first kappa shape index (κ1) is 16.4. The SMILES string of the molecule is CCc1cnc(CNS(=O)(=O)N(C)CCCNC2CC2)o1. The van der Waals surface area contributed by atoms with E-state index in [-0.39, 0.29) is 6.54 Å². The number of rotatable bonds is 10. The van der Waals surface area contributed by atoms with Crippen LogP contribution in [0.2, 0.25) is 0 Å². The maximum Gasteiger partial charge on any atom is 0.279 e. The van der Waals surface area contributed by atoms with Crippen molar-refractivity contribution in [2.24, 2.45) is 0 Å². The molecule has 21 heavy (non-hydrogen) atoms. The summed E-state index contributed by atoms with van der Waals surface area (Å²) >= 11 is 0. The second kappa shape index (κ2) is 7.35. The minimum Gasteiger partial charge on any atom is -0.444 e. The lowest BCUT2D eigenvalue weighted by Gasteiger charge is -2.17. The third-order valence-corrected chi connectivity index (χ3v) is 4.94. The minimum absolute atomic E-state index is 0.0764. The number of hydrogen-bond acceptors (Lipinski definition) is 5. The van der Waals surface area contributed by atoms with Gasteiger partial charge in [0.2, 0.25) is 5.89 Å². The average Bonchev–Trinajstić information content (AvgIpc) is 3.17. The topological polar surface area (TPSA) is 87.5 Å². The van der Waals surface area contributed by atoms with Gasteiger partial charge < -0.3 is 9.73 Å². The van der Waals surface area contributed by atoms with Crippen molar-refractivity contribution < 1.29 is 12.8 Å². The first-order chi connectivity index (χ1) is 10.0. The molecule has 0 unspecified atom stereocenters. The second-order valence-corrected chi connectivity index (χ2v) is 7.17. The predicted molar refractivity (Wildman–Crippen MR) is 79.9 cm³/mol. The molecule has 0 spiro atoms. The summed E-state index contributed by atoms with van der Waals surface area (Å²) in [5, 5.41) is 3.36. The van der Waals surface area contributed by atoms with Gasteiger partial charge >= 0.3 is 0 Å². The van der Waals surface area contributed by atoms with E-state index in [1.54, 1.807) is 13.2 Å². The summed E-state index contributed by atoms with van der Waals surface area (Å²) in [6.07, 6.45) is 5.65. The van der Waals surface area contributed by atoms with Gasteiger partial charge in [0.25, 0.3) is 10.2 Å². The summed E-state index contributed by atoms with van der Waals surface area (Å²) < 4.78 is 33.3. The molecule has 0 aliphatic heterocycles. The zero-order valence-corrected chi connectivity index (χ0v) is 13.4. The third-order valence-electron chi connectivity index (χ3n) is 3.43. The van der Waals surface area contributed by atoms with Crippen molar-refractivity contribution in [3.63, 3.8) is 0 Å². The maximum atomic E-state index is 12.0. The molecule has 2 N–H and O–H groups in total. The van der Waals surface area contributed by atoms with Crippen molar-refractivity contribution in [3.8, 4) is 0 Å². The van der Waals surface area contributed by atoms with Crippen molar-refractivity contribution in [2.75, 3.05) is 20.1 Å². The van der Waals surface area contributed by atoms with Crippen LogP contribution in [-0.4, -0.2) is 43.9 Å². The molecule has 1 aromatic heterocycles. The van der Waals surface area contributed by atoms with E-state index in [2.05, 4.69) is 15.0 Å². The number of aromatic nitrogens is 1. The molecule has 1 heterocycles. The van der Waals surface area contributed by atoms with Crippen LogP contribution in [0.3, 0.4) is 0 Å². The maximum absolute atomic E-state index is 12.0.